The molecule has 7 nitrogen and oxygen atoms in total. The molecule has 148 valence electrons. The first-order valence-electron chi connectivity index (χ1n) is 9.87. The molecule has 0 aliphatic carbocycles. The number of para-hydroxylation sites is 2. The average Bonchev–Trinajstić information content (AvgIpc) is 2.80. The van der Waals surface area contributed by atoms with Crippen molar-refractivity contribution < 1.29 is 14.3 Å². The van der Waals surface area contributed by atoms with E-state index in [-0.39, 0.29) is 25.0 Å². The second-order valence-electron chi connectivity index (χ2n) is 6.99. The van der Waals surface area contributed by atoms with Crippen molar-refractivity contribution in [3.8, 4) is 5.75 Å². The van der Waals surface area contributed by atoms with Crippen LogP contribution >= 0.6 is 0 Å². The average molecular weight is 374 g/mol. The quantitative estimate of drug-likeness (QED) is 0.784. The van der Waals surface area contributed by atoms with Crippen molar-refractivity contribution >= 4 is 17.5 Å². The van der Waals surface area contributed by atoms with E-state index in [9.17, 15) is 9.59 Å². The molecule has 27 heavy (non-hydrogen) atoms. The number of anilines is 1. The van der Waals surface area contributed by atoms with Crippen molar-refractivity contribution in [3.63, 3.8) is 0 Å². The van der Waals surface area contributed by atoms with Gasteiger partial charge in [0, 0.05) is 39.3 Å². The molecule has 1 aromatic rings. The van der Waals surface area contributed by atoms with Crippen molar-refractivity contribution in [1.29, 1.82) is 0 Å². The number of benzene rings is 1. The fraction of sp³-hybridized carbons (Fsp3) is 0.600. The molecule has 1 saturated heterocycles. The minimum Gasteiger partial charge on any atom is -0.482 e. The number of fused-ring (bicyclic) bond motifs is 1. The van der Waals surface area contributed by atoms with Crippen LogP contribution in [0, 0.1) is 0 Å². The van der Waals surface area contributed by atoms with Gasteiger partial charge in [-0.05, 0) is 25.2 Å². The van der Waals surface area contributed by atoms with Gasteiger partial charge in [-0.3, -0.25) is 14.5 Å². The maximum atomic E-state index is 13.0. The minimum atomic E-state index is -0.170. The fourth-order valence-corrected chi connectivity index (χ4v) is 3.59. The van der Waals surface area contributed by atoms with Gasteiger partial charge in [-0.1, -0.05) is 26.0 Å². The molecule has 0 unspecified atom stereocenters. The molecular formula is C20H30N4O3. The Hall–Kier alpha value is -2.12. The van der Waals surface area contributed by atoms with Gasteiger partial charge in [0.2, 0.25) is 5.91 Å². The van der Waals surface area contributed by atoms with Gasteiger partial charge in [-0.25, -0.2) is 0 Å². The van der Waals surface area contributed by atoms with Crippen molar-refractivity contribution in [1.82, 2.24) is 14.7 Å². The predicted octanol–water partition coefficient (Wildman–Crippen LogP) is 0.898. The molecule has 0 aromatic heterocycles. The minimum absolute atomic E-state index is 0.00550. The number of likely N-dealkylation sites (N-methyl/N-ethyl adjacent to an activating group) is 2. The molecule has 1 fully saturated rings. The van der Waals surface area contributed by atoms with Crippen LogP contribution in [0.5, 0.6) is 5.75 Å². The Morgan fingerprint density at radius 2 is 1.56 bits per heavy atom. The number of nitrogens with zero attached hydrogens (tertiary/aromatic N) is 4. The highest BCUT2D eigenvalue weighted by molar-refractivity contribution is 6.02. The number of hydrogen-bond donors (Lipinski definition) is 0. The lowest BCUT2D eigenvalue weighted by Gasteiger charge is -2.32. The lowest BCUT2D eigenvalue weighted by atomic mass is 10.2. The molecule has 0 bridgehead atoms. The maximum absolute atomic E-state index is 13.0. The Balaban J connectivity index is 1.71. The zero-order chi connectivity index (χ0) is 19.2. The van der Waals surface area contributed by atoms with Crippen LogP contribution in [0.2, 0.25) is 0 Å². The molecule has 0 radical (unpaired) electrons. The molecule has 0 N–H and O–H groups in total. The smallest absolute Gasteiger partial charge is 0.265 e. The number of amides is 2. The van der Waals surface area contributed by atoms with E-state index in [1.165, 1.54) is 0 Å². The molecular weight excluding hydrogens is 344 g/mol. The van der Waals surface area contributed by atoms with E-state index in [1.54, 1.807) is 4.90 Å². The predicted molar refractivity (Wildman–Crippen MR) is 105 cm³/mol. The van der Waals surface area contributed by atoms with E-state index in [2.05, 4.69) is 23.6 Å². The first kappa shape index (κ1) is 19.6. The normalized spacial score (nSPS) is 19.7. The van der Waals surface area contributed by atoms with Gasteiger partial charge < -0.3 is 19.4 Å². The second-order valence-corrected chi connectivity index (χ2v) is 6.99. The maximum Gasteiger partial charge on any atom is 0.265 e. The van der Waals surface area contributed by atoms with Crippen LogP contribution in [0.15, 0.2) is 24.3 Å². The van der Waals surface area contributed by atoms with Crippen LogP contribution in [-0.2, 0) is 9.59 Å². The topological polar surface area (TPSA) is 56.3 Å². The third-order valence-electron chi connectivity index (χ3n) is 5.45. The monoisotopic (exact) mass is 374 g/mol. The SMILES string of the molecule is CCN1CCN(CC)CCN(C(=O)CN2C(=O)COc3ccccc32)CC1. The highest BCUT2D eigenvalue weighted by Crippen LogP contribution is 2.31. The zero-order valence-corrected chi connectivity index (χ0v) is 16.4. The molecule has 3 rings (SSSR count). The van der Waals surface area contributed by atoms with Crippen molar-refractivity contribution in [3.05, 3.63) is 24.3 Å². The van der Waals surface area contributed by atoms with E-state index in [0.717, 1.165) is 39.3 Å². The number of hydrogen-bond acceptors (Lipinski definition) is 5. The summed E-state index contributed by atoms with van der Waals surface area (Å²) in [6.45, 7) is 11.5. The Bertz CT molecular complexity index is 650. The van der Waals surface area contributed by atoms with Gasteiger partial charge in [0.05, 0.1) is 5.69 Å². The Kier molecular flexibility index (Phi) is 6.68. The molecule has 0 atom stereocenters. The van der Waals surface area contributed by atoms with E-state index in [0.29, 0.717) is 24.5 Å². The lowest BCUT2D eigenvalue weighted by molar-refractivity contribution is -0.132. The summed E-state index contributed by atoms with van der Waals surface area (Å²) in [4.78, 5) is 33.6. The highest BCUT2D eigenvalue weighted by Gasteiger charge is 2.29. The molecule has 0 spiro atoms. The summed E-state index contributed by atoms with van der Waals surface area (Å²) in [5, 5.41) is 0. The molecule has 2 heterocycles. The van der Waals surface area contributed by atoms with E-state index < -0.39 is 0 Å². The Labute approximate surface area is 161 Å². The second kappa shape index (κ2) is 9.19. The molecule has 2 amide bonds. The first-order valence-corrected chi connectivity index (χ1v) is 9.87. The molecule has 0 saturated carbocycles. The largest absolute Gasteiger partial charge is 0.482 e. The number of carbonyl (C=O) groups is 2. The van der Waals surface area contributed by atoms with Crippen molar-refractivity contribution in [2.45, 2.75) is 13.8 Å². The van der Waals surface area contributed by atoms with Gasteiger partial charge in [-0.2, -0.15) is 0 Å². The third kappa shape index (κ3) is 4.78. The summed E-state index contributed by atoms with van der Waals surface area (Å²) in [6.07, 6.45) is 0. The molecule has 1 aromatic carbocycles. The summed E-state index contributed by atoms with van der Waals surface area (Å²) in [7, 11) is 0. The van der Waals surface area contributed by atoms with Gasteiger partial charge in [0.15, 0.2) is 6.61 Å². The number of carbonyl (C=O) groups excluding carboxylic acids is 2. The molecule has 2 aliphatic heterocycles. The van der Waals surface area contributed by atoms with E-state index in [1.807, 2.05) is 29.2 Å². The summed E-state index contributed by atoms with van der Waals surface area (Å²) in [5.74, 6) is 0.481. The van der Waals surface area contributed by atoms with Crippen LogP contribution in [0.3, 0.4) is 0 Å². The van der Waals surface area contributed by atoms with Crippen molar-refractivity contribution in [2.24, 2.45) is 0 Å². The molecule has 2 aliphatic rings. The summed E-state index contributed by atoms with van der Waals surface area (Å²) >= 11 is 0. The first-order chi connectivity index (χ1) is 13.1. The van der Waals surface area contributed by atoms with Crippen LogP contribution in [0.25, 0.3) is 0 Å². The van der Waals surface area contributed by atoms with E-state index in [4.69, 9.17) is 4.74 Å². The summed E-state index contributed by atoms with van der Waals surface area (Å²) in [6, 6.07) is 7.39. The zero-order valence-electron chi connectivity index (χ0n) is 16.4. The van der Waals surface area contributed by atoms with Crippen LogP contribution in [0.1, 0.15) is 13.8 Å². The van der Waals surface area contributed by atoms with Gasteiger partial charge >= 0.3 is 0 Å². The van der Waals surface area contributed by atoms with Crippen molar-refractivity contribution in [2.75, 3.05) is 70.4 Å². The van der Waals surface area contributed by atoms with Crippen LogP contribution < -0.4 is 9.64 Å². The van der Waals surface area contributed by atoms with Gasteiger partial charge in [-0.15, -0.1) is 0 Å². The summed E-state index contributed by atoms with van der Waals surface area (Å²) in [5.41, 5.74) is 0.678. The summed E-state index contributed by atoms with van der Waals surface area (Å²) < 4.78 is 5.47. The van der Waals surface area contributed by atoms with Crippen LogP contribution in [-0.4, -0.2) is 92.0 Å². The number of ether oxygens (including phenoxy) is 1. The standard InChI is InChI=1S/C20H30N4O3/c1-3-21-9-10-22(4-2)12-14-23(13-11-21)19(25)15-24-17-7-5-6-8-18(17)27-16-20(24)26/h5-8H,3-4,9-16H2,1-2H3. The fourth-order valence-electron chi connectivity index (χ4n) is 3.59. The Morgan fingerprint density at radius 3 is 2.19 bits per heavy atom. The highest BCUT2D eigenvalue weighted by atomic mass is 16.5. The number of rotatable bonds is 4. The molecule has 7 heteroatoms. The lowest BCUT2D eigenvalue weighted by Crippen LogP contribution is -2.48. The van der Waals surface area contributed by atoms with Crippen LogP contribution in [0.4, 0.5) is 5.69 Å². The van der Waals surface area contributed by atoms with Gasteiger partial charge in [0.1, 0.15) is 12.3 Å². The Morgan fingerprint density at radius 1 is 0.963 bits per heavy atom. The van der Waals surface area contributed by atoms with Gasteiger partial charge in [0.25, 0.3) is 5.91 Å². The van der Waals surface area contributed by atoms with E-state index >= 15 is 0 Å². The third-order valence-corrected chi connectivity index (χ3v) is 5.45.